The van der Waals surface area contributed by atoms with Gasteiger partial charge in [-0.25, -0.2) is 22.2 Å². The zero-order valence-corrected chi connectivity index (χ0v) is 16.9. The third-order valence-electron chi connectivity index (χ3n) is 3.98. The number of hydrogen-bond acceptors (Lipinski definition) is 5. The Morgan fingerprint density at radius 3 is 2.48 bits per heavy atom. The standard InChI is InChI=1S/C19H17F2N3O3S2/c1-12(10-13-2-7-16(20)17(21)11-13)23-18(25)14-3-5-15(6-4-14)29(26,27)24-19-22-8-9-28-19/h2-9,11-12H,10H2,1H3,(H,22,24)(H,23,25). The van der Waals surface area contributed by atoms with E-state index in [-0.39, 0.29) is 21.6 Å². The summed E-state index contributed by atoms with van der Waals surface area (Å²) in [6.45, 7) is 1.73. The van der Waals surface area contributed by atoms with Gasteiger partial charge in [-0.05, 0) is 55.3 Å². The first-order chi connectivity index (χ1) is 13.7. The summed E-state index contributed by atoms with van der Waals surface area (Å²) in [7, 11) is -3.80. The average molecular weight is 437 g/mol. The Balaban J connectivity index is 1.63. The lowest BCUT2D eigenvalue weighted by Gasteiger charge is -2.14. The average Bonchev–Trinajstić information content (AvgIpc) is 3.17. The highest BCUT2D eigenvalue weighted by Gasteiger charge is 2.17. The number of benzene rings is 2. The number of amides is 1. The molecule has 0 aliphatic heterocycles. The van der Waals surface area contributed by atoms with E-state index in [1.165, 1.54) is 36.5 Å². The maximum atomic E-state index is 13.3. The van der Waals surface area contributed by atoms with Gasteiger partial charge in [0.05, 0.1) is 4.90 Å². The summed E-state index contributed by atoms with van der Waals surface area (Å²) in [6.07, 6.45) is 1.80. The van der Waals surface area contributed by atoms with Crippen molar-refractivity contribution in [3.8, 4) is 0 Å². The number of nitrogens with one attached hydrogen (secondary N) is 2. The Hall–Kier alpha value is -2.85. The van der Waals surface area contributed by atoms with Crippen molar-refractivity contribution in [2.24, 2.45) is 0 Å². The van der Waals surface area contributed by atoms with Gasteiger partial charge in [0.25, 0.3) is 15.9 Å². The monoisotopic (exact) mass is 437 g/mol. The Bertz CT molecular complexity index is 1100. The van der Waals surface area contributed by atoms with Crippen LogP contribution in [0.1, 0.15) is 22.8 Å². The first kappa shape index (κ1) is 20.9. The number of hydrogen-bond donors (Lipinski definition) is 2. The molecule has 2 N–H and O–H groups in total. The summed E-state index contributed by atoms with van der Waals surface area (Å²) in [5, 5.41) is 4.64. The minimum atomic E-state index is -3.80. The second kappa shape index (κ2) is 8.66. The van der Waals surface area contributed by atoms with Gasteiger partial charge in [0.2, 0.25) is 0 Å². The van der Waals surface area contributed by atoms with E-state index in [1.807, 2.05) is 0 Å². The maximum Gasteiger partial charge on any atom is 0.263 e. The van der Waals surface area contributed by atoms with Gasteiger partial charge >= 0.3 is 0 Å². The van der Waals surface area contributed by atoms with Crippen LogP contribution in [-0.2, 0) is 16.4 Å². The summed E-state index contributed by atoms with van der Waals surface area (Å²) in [5.74, 6) is -2.27. The molecule has 1 unspecified atom stereocenters. The topological polar surface area (TPSA) is 88.2 Å². The van der Waals surface area contributed by atoms with Crippen molar-refractivity contribution < 1.29 is 22.0 Å². The minimum absolute atomic E-state index is 0.000846. The molecule has 0 aliphatic rings. The molecule has 2 aromatic carbocycles. The Kier molecular flexibility index (Phi) is 6.23. The molecule has 29 heavy (non-hydrogen) atoms. The molecule has 0 saturated carbocycles. The Morgan fingerprint density at radius 1 is 1.14 bits per heavy atom. The van der Waals surface area contributed by atoms with Gasteiger partial charge in [0, 0.05) is 23.2 Å². The lowest BCUT2D eigenvalue weighted by atomic mass is 10.1. The van der Waals surface area contributed by atoms with E-state index in [0.717, 1.165) is 23.5 Å². The Labute approximate surface area is 170 Å². The lowest BCUT2D eigenvalue weighted by molar-refractivity contribution is 0.0940. The first-order valence-electron chi connectivity index (χ1n) is 8.52. The molecule has 3 rings (SSSR count). The molecule has 0 aliphatic carbocycles. The van der Waals surface area contributed by atoms with Gasteiger partial charge in [-0.1, -0.05) is 6.07 Å². The van der Waals surface area contributed by atoms with Crippen molar-refractivity contribution >= 4 is 32.4 Å². The molecule has 3 aromatic rings. The van der Waals surface area contributed by atoms with Gasteiger partial charge in [0.15, 0.2) is 16.8 Å². The fourth-order valence-corrected chi connectivity index (χ4v) is 4.40. The highest BCUT2D eigenvalue weighted by atomic mass is 32.2. The highest BCUT2D eigenvalue weighted by molar-refractivity contribution is 7.93. The van der Waals surface area contributed by atoms with E-state index in [0.29, 0.717) is 12.0 Å². The van der Waals surface area contributed by atoms with E-state index in [1.54, 1.807) is 12.3 Å². The van der Waals surface area contributed by atoms with Crippen LogP contribution in [0.25, 0.3) is 0 Å². The van der Waals surface area contributed by atoms with E-state index in [4.69, 9.17) is 0 Å². The summed E-state index contributed by atoms with van der Waals surface area (Å²) in [6, 6.07) is 8.69. The molecule has 0 bridgehead atoms. The number of rotatable bonds is 7. The van der Waals surface area contributed by atoms with Gasteiger partial charge in [-0.15, -0.1) is 11.3 Å². The molecule has 0 fully saturated rings. The number of sulfonamides is 1. The maximum absolute atomic E-state index is 13.3. The molecular weight excluding hydrogens is 420 g/mol. The second-order valence-corrected chi connectivity index (χ2v) is 8.87. The molecular formula is C19H17F2N3O3S2. The van der Waals surface area contributed by atoms with Gasteiger partial charge < -0.3 is 5.32 Å². The number of thiazole rings is 1. The van der Waals surface area contributed by atoms with Crippen molar-refractivity contribution in [3.05, 3.63) is 76.8 Å². The Morgan fingerprint density at radius 2 is 1.86 bits per heavy atom. The molecule has 6 nitrogen and oxygen atoms in total. The molecule has 1 atom stereocenters. The first-order valence-corrected chi connectivity index (χ1v) is 10.9. The lowest BCUT2D eigenvalue weighted by Crippen LogP contribution is -2.34. The van der Waals surface area contributed by atoms with Crippen LogP contribution in [0.2, 0.25) is 0 Å². The van der Waals surface area contributed by atoms with Crippen molar-refractivity contribution in [2.75, 3.05) is 4.72 Å². The number of nitrogens with zero attached hydrogens (tertiary/aromatic N) is 1. The summed E-state index contributed by atoms with van der Waals surface area (Å²) < 4.78 is 53.3. The van der Waals surface area contributed by atoms with E-state index in [2.05, 4.69) is 15.0 Å². The molecule has 1 aromatic heterocycles. The van der Waals surface area contributed by atoms with E-state index >= 15 is 0 Å². The number of carbonyl (C=O) groups is 1. The summed E-state index contributed by atoms with van der Waals surface area (Å²) in [4.78, 5) is 16.2. The zero-order valence-electron chi connectivity index (χ0n) is 15.2. The third-order valence-corrected chi connectivity index (χ3v) is 6.16. The van der Waals surface area contributed by atoms with Crippen molar-refractivity contribution in [2.45, 2.75) is 24.3 Å². The van der Waals surface area contributed by atoms with Crippen molar-refractivity contribution in [1.29, 1.82) is 0 Å². The predicted octanol–water partition coefficient (Wildman–Crippen LogP) is 3.58. The molecule has 0 spiro atoms. The number of carbonyl (C=O) groups excluding carboxylic acids is 1. The summed E-state index contributed by atoms with van der Waals surface area (Å²) in [5.41, 5.74) is 0.821. The number of aromatic nitrogens is 1. The van der Waals surface area contributed by atoms with Crippen LogP contribution in [0.5, 0.6) is 0 Å². The predicted molar refractivity (Wildman–Crippen MR) is 106 cm³/mol. The number of anilines is 1. The molecule has 10 heteroatoms. The van der Waals surface area contributed by atoms with E-state index in [9.17, 15) is 22.0 Å². The van der Waals surface area contributed by atoms with Crippen molar-refractivity contribution in [3.63, 3.8) is 0 Å². The SMILES string of the molecule is CC(Cc1ccc(F)c(F)c1)NC(=O)c1ccc(S(=O)(=O)Nc2nccs2)cc1. The number of halogens is 2. The van der Waals surface area contributed by atoms with Crippen LogP contribution >= 0.6 is 11.3 Å². The molecule has 1 heterocycles. The van der Waals surface area contributed by atoms with Gasteiger partial charge in [-0.3, -0.25) is 9.52 Å². The largest absolute Gasteiger partial charge is 0.349 e. The molecule has 0 saturated heterocycles. The van der Waals surface area contributed by atoms with Crippen LogP contribution in [0, 0.1) is 11.6 Å². The van der Waals surface area contributed by atoms with Crippen LogP contribution < -0.4 is 10.0 Å². The minimum Gasteiger partial charge on any atom is -0.349 e. The van der Waals surface area contributed by atoms with Crippen LogP contribution in [-0.4, -0.2) is 25.4 Å². The quantitative estimate of drug-likeness (QED) is 0.591. The molecule has 1 amide bonds. The third kappa shape index (κ3) is 5.36. The van der Waals surface area contributed by atoms with Crippen LogP contribution in [0.4, 0.5) is 13.9 Å². The van der Waals surface area contributed by atoms with E-state index < -0.39 is 27.6 Å². The smallest absolute Gasteiger partial charge is 0.263 e. The fraction of sp³-hybridized carbons (Fsp3) is 0.158. The zero-order chi connectivity index (χ0) is 21.0. The highest BCUT2D eigenvalue weighted by Crippen LogP contribution is 2.18. The molecule has 152 valence electrons. The molecule has 0 radical (unpaired) electrons. The van der Waals surface area contributed by atoms with Gasteiger partial charge in [0.1, 0.15) is 0 Å². The normalized spacial score (nSPS) is 12.4. The fourth-order valence-electron chi connectivity index (χ4n) is 2.61. The van der Waals surface area contributed by atoms with Crippen LogP contribution in [0.15, 0.2) is 58.9 Å². The summed E-state index contributed by atoms with van der Waals surface area (Å²) >= 11 is 1.15. The van der Waals surface area contributed by atoms with Crippen molar-refractivity contribution in [1.82, 2.24) is 10.3 Å². The van der Waals surface area contributed by atoms with Crippen LogP contribution in [0.3, 0.4) is 0 Å². The second-order valence-electron chi connectivity index (χ2n) is 6.29. The van der Waals surface area contributed by atoms with Gasteiger partial charge in [-0.2, -0.15) is 0 Å².